The van der Waals surface area contributed by atoms with E-state index in [-0.39, 0.29) is 0 Å². The summed E-state index contributed by atoms with van der Waals surface area (Å²) in [5, 5.41) is 4.58. The number of nitrogens with one attached hydrogen (secondary N) is 1. The minimum absolute atomic E-state index is 0.542. The van der Waals surface area contributed by atoms with Gasteiger partial charge in [-0.2, -0.15) is 0 Å². The van der Waals surface area contributed by atoms with Crippen molar-refractivity contribution in [1.29, 1.82) is 0 Å². The van der Waals surface area contributed by atoms with Gasteiger partial charge in [0.05, 0.1) is 0 Å². The Kier molecular flexibility index (Phi) is 2.62. The van der Waals surface area contributed by atoms with Crippen molar-refractivity contribution in [3.05, 3.63) is 0 Å². The molecular weight excluding hydrogens is 110 g/mol. The normalized spacial score (nSPS) is 7.86. The van der Waals surface area contributed by atoms with E-state index in [9.17, 15) is 0 Å². The molecule has 0 atom stereocenters. The van der Waals surface area contributed by atoms with Gasteiger partial charge in [-0.1, -0.05) is 0 Å². The summed E-state index contributed by atoms with van der Waals surface area (Å²) in [5.41, 5.74) is 0. The maximum atomic E-state index is 5.18. The number of hydrogen-bond acceptors (Lipinski definition) is 2. The highest BCUT2D eigenvalue weighted by Gasteiger charge is 1.89. The lowest BCUT2D eigenvalue weighted by molar-refractivity contribution is 0.532. The SMILES string of the molecule is CNC(=S)N(C)N. The van der Waals surface area contributed by atoms with Gasteiger partial charge >= 0.3 is 0 Å². The molecule has 7 heavy (non-hydrogen) atoms. The zero-order valence-electron chi connectivity index (χ0n) is 4.43. The van der Waals surface area contributed by atoms with Crippen LogP contribution in [0.3, 0.4) is 0 Å². The monoisotopic (exact) mass is 119 g/mol. The van der Waals surface area contributed by atoms with Crippen molar-refractivity contribution in [1.82, 2.24) is 10.3 Å². The Bertz CT molecular complexity index is 70.6. The molecule has 0 radical (unpaired) electrons. The molecule has 0 aliphatic rings. The fourth-order valence-electron chi connectivity index (χ4n) is 0.176. The summed E-state index contributed by atoms with van der Waals surface area (Å²) in [6, 6.07) is 0. The second-order valence-electron chi connectivity index (χ2n) is 1.17. The number of thiocarbonyl (C=S) groups is 1. The summed E-state index contributed by atoms with van der Waals surface area (Å²) in [4.78, 5) is 0. The molecule has 0 aliphatic heterocycles. The van der Waals surface area contributed by atoms with Gasteiger partial charge in [0.25, 0.3) is 0 Å². The third kappa shape index (κ3) is 2.36. The van der Waals surface area contributed by atoms with E-state index in [4.69, 9.17) is 5.84 Å². The van der Waals surface area contributed by atoms with E-state index in [1.807, 2.05) is 0 Å². The summed E-state index contributed by atoms with van der Waals surface area (Å²) in [5.74, 6) is 5.18. The van der Waals surface area contributed by atoms with Crippen molar-refractivity contribution in [2.75, 3.05) is 14.1 Å². The molecule has 0 saturated heterocycles. The van der Waals surface area contributed by atoms with Gasteiger partial charge in [-0.25, -0.2) is 5.84 Å². The van der Waals surface area contributed by atoms with Gasteiger partial charge < -0.3 is 5.32 Å². The van der Waals surface area contributed by atoms with Crippen LogP contribution in [0.15, 0.2) is 0 Å². The first kappa shape index (κ1) is 6.65. The van der Waals surface area contributed by atoms with Crippen LogP contribution in [0.1, 0.15) is 0 Å². The topological polar surface area (TPSA) is 41.3 Å². The molecule has 0 amide bonds. The smallest absolute Gasteiger partial charge is 0.182 e. The van der Waals surface area contributed by atoms with Gasteiger partial charge in [0.1, 0.15) is 0 Å². The molecule has 0 rings (SSSR count). The molecule has 0 fully saturated rings. The van der Waals surface area contributed by atoms with Crippen LogP contribution in [0.25, 0.3) is 0 Å². The second kappa shape index (κ2) is 2.76. The summed E-state index contributed by atoms with van der Waals surface area (Å²) >= 11 is 4.67. The van der Waals surface area contributed by atoms with Crippen molar-refractivity contribution in [2.24, 2.45) is 5.84 Å². The van der Waals surface area contributed by atoms with E-state index >= 15 is 0 Å². The van der Waals surface area contributed by atoms with Crippen molar-refractivity contribution in [3.8, 4) is 0 Å². The molecule has 0 aromatic rings. The zero-order chi connectivity index (χ0) is 5.86. The molecule has 3 nitrogen and oxygen atoms in total. The maximum Gasteiger partial charge on any atom is 0.182 e. The van der Waals surface area contributed by atoms with Gasteiger partial charge in [-0.3, -0.25) is 5.01 Å². The Morgan fingerprint density at radius 3 is 2.29 bits per heavy atom. The highest BCUT2D eigenvalue weighted by atomic mass is 32.1. The first-order valence-electron chi connectivity index (χ1n) is 1.88. The Morgan fingerprint density at radius 2 is 2.29 bits per heavy atom. The number of nitrogens with two attached hydrogens (primary N) is 1. The number of nitrogens with zero attached hydrogens (tertiary/aromatic N) is 1. The van der Waals surface area contributed by atoms with Gasteiger partial charge in [-0.15, -0.1) is 0 Å². The first-order chi connectivity index (χ1) is 3.18. The lowest BCUT2D eigenvalue weighted by atomic mass is 11.0. The number of hydrogen-bond donors (Lipinski definition) is 2. The van der Waals surface area contributed by atoms with E-state index in [0.717, 1.165) is 0 Å². The van der Waals surface area contributed by atoms with E-state index in [2.05, 4.69) is 17.5 Å². The predicted molar refractivity (Wildman–Crippen MR) is 33.6 cm³/mol. The van der Waals surface area contributed by atoms with Crippen LogP contribution in [-0.4, -0.2) is 24.2 Å². The third-order valence-electron chi connectivity index (χ3n) is 0.534. The lowest BCUT2D eigenvalue weighted by Gasteiger charge is -2.10. The van der Waals surface area contributed by atoms with Crippen LogP contribution in [0.4, 0.5) is 0 Å². The molecule has 0 aromatic carbocycles. The third-order valence-corrected chi connectivity index (χ3v) is 1.03. The molecule has 0 spiro atoms. The number of hydrazine groups is 1. The number of rotatable bonds is 0. The summed E-state index contributed by atoms with van der Waals surface area (Å²) < 4.78 is 0. The van der Waals surface area contributed by atoms with Crippen molar-refractivity contribution in [3.63, 3.8) is 0 Å². The fraction of sp³-hybridized carbons (Fsp3) is 0.667. The molecule has 0 bridgehead atoms. The van der Waals surface area contributed by atoms with Crippen LogP contribution in [0.2, 0.25) is 0 Å². The summed E-state index contributed by atoms with van der Waals surface area (Å²) in [7, 11) is 3.41. The minimum Gasteiger partial charge on any atom is -0.365 e. The van der Waals surface area contributed by atoms with E-state index in [1.165, 1.54) is 5.01 Å². The van der Waals surface area contributed by atoms with E-state index in [0.29, 0.717) is 5.11 Å². The van der Waals surface area contributed by atoms with Crippen molar-refractivity contribution in [2.45, 2.75) is 0 Å². The molecule has 0 heterocycles. The first-order valence-corrected chi connectivity index (χ1v) is 2.29. The zero-order valence-corrected chi connectivity index (χ0v) is 5.25. The Morgan fingerprint density at radius 1 is 1.86 bits per heavy atom. The molecule has 0 saturated carbocycles. The average molecular weight is 119 g/mol. The molecule has 0 unspecified atom stereocenters. The molecule has 0 aromatic heterocycles. The van der Waals surface area contributed by atoms with Crippen LogP contribution in [0, 0.1) is 0 Å². The van der Waals surface area contributed by atoms with Gasteiger partial charge in [0.2, 0.25) is 0 Å². The molecule has 42 valence electrons. The predicted octanol–water partition coefficient (Wildman–Crippen LogP) is -0.704. The largest absolute Gasteiger partial charge is 0.365 e. The molecule has 0 aliphatic carbocycles. The van der Waals surface area contributed by atoms with Gasteiger partial charge in [0.15, 0.2) is 5.11 Å². The lowest BCUT2D eigenvalue weighted by Crippen LogP contribution is -2.39. The van der Waals surface area contributed by atoms with Crippen LogP contribution in [0.5, 0.6) is 0 Å². The highest BCUT2D eigenvalue weighted by Crippen LogP contribution is 1.67. The van der Waals surface area contributed by atoms with E-state index < -0.39 is 0 Å². The Labute approximate surface area is 48.4 Å². The van der Waals surface area contributed by atoms with Gasteiger partial charge in [0, 0.05) is 14.1 Å². The maximum absolute atomic E-state index is 5.18. The summed E-state index contributed by atoms with van der Waals surface area (Å²) in [6.07, 6.45) is 0. The van der Waals surface area contributed by atoms with Crippen LogP contribution >= 0.6 is 12.2 Å². The average Bonchev–Trinajstić information content (AvgIpc) is 1.65. The quantitative estimate of drug-likeness (QED) is 0.251. The van der Waals surface area contributed by atoms with Crippen molar-refractivity contribution < 1.29 is 0 Å². The Hall–Kier alpha value is -0.350. The fourth-order valence-corrected chi connectivity index (χ4v) is 0.176. The van der Waals surface area contributed by atoms with E-state index in [1.54, 1.807) is 14.1 Å². The van der Waals surface area contributed by atoms with Crippen LogP contribution < -0.4 is 11.2 Å². The standard InChI is InChI=1S/C3H9N3S/c1-5-3(7)6(2)4/h4H2,1-2H3,(H,5,7). The molecule has 4 heteroatoms. The molecule has 3 N–H and O–H groups in total. The minimum atomic E-state index is 0.542. The Balaban J connectivity index is 3.35. The molecular formula is C3H9N3S. The second-order valence-corrected chi connectivity index (χ2v) is 1.55. The summed E-state index contributed by atoms with van der Waals surface area (Å²) in [6.45, 7) is 0. The van der Waals surface area contributed by atoms with Gasteiger partial charge in [-0.05, 0) is 12.2 Å². The van der Waals surface area contributed by atoms with Crippen molar-refractivity contribution >= 4 is 17.3 Å². The van der Waals surface area contributed by atoms with Crippen LogP contribution in [-0.2, 0) is 0 Å². The highest BCUT2D eigenvalue weighted by molar-refractivity contribution is 7.80.